The Kier molecular flexibility index (Phi) is 5.08. The summed E-state index contributed by atoms with van der Waals surface area (Å²) < 4.78 is 1.21. The van der Waals surface area contributed by atoms with Gasteiger partial charge >= 0.3 is 0 Å². The predicted octanol–water partition coefficient (Wildman–Crippen LogP) is 5.14. The third kappa shape index (κ3) is 4.06. The van der Waals surface area contributed by atoms with Crippen LogP contribution in [0.3, 0.4) is 0 Å². The lowest BCUT2D eigenvalue weighted by Crippen LogP contribution is -2.43. The van der Waals surface area contributed by atoms with E-state index in [0.717, 1.165) is 12.5 Å². The summed E-state index contributed by atoms with van der Waals surface area (Å²) >= 11 is 3.64. The van der Waals surface area contributed by atoms with Crippen molar-refractivity contribution in [2.24, 2.45) is 11.3 Å². The Morgan fingerprint density at radius 1 is 1.16 bits per heavy atom. The van der Waals surface area contributed by atoms with Crippen LogP contribution in [0.1, 0.15) is 52.0 Å². The smallest absolute Gasteiger partial charge is 0.0220 e. The monoisotopic (exact) mass is 323 g/mol. The third-order valence-electron chi connectivity index (χ3n) is 4.39. The first-order chi connectivity index (χ1) is 8.98. The van der Waals surface area contributed by atoms with E-state index in [1.165, 1.54) is 35.7 Å². The van der Waals surface area contributed by atoms with Crippen molar-refractivity contribution < 1.29 is 0 Å². The van der Waals surface area contributed by atoms with Gasteiger partial charge in [0.25, 0.3) is 0 Å². The molecule has 0 amide bonds. The summed E-state index contributed by atoms with van der Waals surface area (Å²) in [6, 6.07) is 9.18. The molecule has 1 aliphatic rings. The number of halogens is 1. The topological polar surface area (TPSA) is 12.0 Å². The maximum atomic E-state index is 3.81. The quantitative estimate of drug-likeness (QED) is 0.811. The maximum absolute atomic E-state index is 3.81. The van der Waals surface area contributed by atoms with E-state index in [0.29, 0.717) is 11.5 Å². The lowest BCUT2D eigenvalue weighted by molar-refractivity contribution is 0.130. The molecule has 0 bridgehead atoms. The number of nitrogens with one attached hydrogen (secondary N) is 1. The molecule has 0 saturated heterocycles. The van der Waals surface area contributed by atoms with Gasteiger partial charge in [-0.25, -0.2) is 0 Å². The minimum atomic E-state index is 0.409. The minimum absolute atomic E-state index is 0.409. The van der Waals surface area contributed by atoms with Gasteiger partial charge in [-0.05, 0) is 35.8 Å². The molecule has 1 fully saturated rings. The van der Waals surface area contributed by atoms with Crippen LogP contribution in [0.4, 0.5) is 0 Å². The van der Waals surface area contributed by atoms with Crippen LogP contribution < -0.4 is 5.32 Å². The van der Waals surface area contributed by atoms with Crippen LogP contribution in [0.15, 0.2) is 28.7 Å². The first-order valence-electron chi connectivity index (χ1n) is 7.45. The van der Waals surface area contributed by atoms with Crippen molar-refractivity contribution in [3.05, 3.63) is 34.3 Å². The van der Waals surface area contributed by atoms with E-state index in [9.17, 15) is 0 Å². The zero-order chi connectivity index (χ0) is 13.9. The SMILES string of the molecule is CC(C)(C)C1CCCCC1NCc1ccccc1Br. The van der Waals surface area contributed by atoms with Crippen LogP contribution in [-0.4, -0.2) is 6.04 Å². The van der Waals surface area contributed by atoms with Crippen molar-refractivity contribution in [3.63, 3.8) is 0 Å². The van der Waals surface area contributed by atoms with Gasteiger partial charge in [-0.3, -0.25) is 0 Å². The first kappa shape index (κ1) is 15.1. The van der Waals surface area contributed by atoms with E-state index < -0.39 is 0 Å². The molecule has 2 heteroatoms. The highest BCUT2D eigenvalue weighted by Crippen LogP contribution is 2.38. The fourth-order valence-electron chi connectivity index (χ4n) is 3.29. The Labute approximate surface area is 126 Å². The minimum Gasteiger partial charge on any atom is -0.310 e. The van der Waals surface area contributed by atoms with Crippen LogP contribution in [0, 0.1) is 11.3 Å². The fourth-order valence-corrected chi connectivity index (χ4v) is 3.72. The van der Waals surface area contributed by atoms with Crippen LogP contribution >= 0.6 is 15.9 Å². The molecule has 0 aliphatic heterocycles. The molecular formula is C17H26BrN. The molecule has 0 heterocycles. The van der Waals surface area contributed by atoms with Crippen molar-refractivity contribution in [1.29, 1.82) is 0 Å². The Morgan fingerprint density at radius 2 is 1.84 bits per heavy atom. The summed E-state index contributed by atoms with van der Waals surface area (Å²) in [6.07, 6.45) is 5.47. The number of hydrogen-bond donors (Lipinski definition) is 1. The molecule has 19 heavy (non-hydrogen) atoms. The average Bonchev–Trinajstić information content (AvgIpc) is 2.37. The summed E-state index contributed by atoms with van der Waals surface area (Å²) in [5.41, 5.74) is 1.77. The van der Waals surface area contributed by atoms with Crippen molar-refractivity contribution in [2.45, 2.75) is 59.0 Å². The molecule has 0 spiro atoms. The molecular weight excluding hydrogens is 298 g/mol. The van der Waals surface area contributed by atoms with Gasteiger partial charge in [0.1, 0.15) is 0 Å². The average molecular weight is 324 g/mol. The molecule has 2 rings (SSSR count). The summed E-state index contributed by atoms with van der Waals surface area (Å²) in [4.78, 5) is 0. The largest absolute Gasteiger partial charge is 0.310 e. The first-order valence-corrected chi connectivity index (χ1v) is 8.24. The molecule has 2 unspecified atom stereocenters. The second-order valence-electron chi connectivity index (χ2n) is 6.84. The maximum Gasteiger partial charge on any atom is 0.0220 e. The lowest BCUT2D eigenvalue weighted by atomic mass is 9.69. The highest BCUT2D eigenvalue weighted by atomic mass is 79.9. The number of hydrogen-bond acceptors (Lipinski definition) is 1. The molecule has 1 saturated carbocycles. The van der Waals surface area contributed by atoms with Crippen molar-refractivity contribution in [3.8, 4) is 0 Å². The predicted molar refractivity (Wildman–Crippen MR) is 86.2 cm³/mol. The Balaban J connectivity index is 1.99. The number of rotatable bonds is 3. The van der Waals surface area contributed by atoms with E-state index in [4.69, 9.17) is 0 Å². The second kappa shape index (κ2) is 6.41. The van der Waals surface area contributed by atoms with Crippen molar-refractivity contribution in [1.82, 2.24) is 5.32 Å². The van der Waals surface area contributed by atoms with E-state index in [1.807, 2.05) is 0 Å². The van der Waals surface area contributed by atoms with Gasteiger partial charge < -0.3 is 5.32 Å². The zero-order valence-electron chi connectivity index (χ0n) is 12.4. The van der Waals surface area contributed by atoms with Gasteiger partial charge in [0.05, 0.1) is 0 Å². The van der Waals surface area contributed by atoms with E-state index in [2.05, 4.69) is 66.3 Å². The van der Waals surface area contributed by atoms with Crippen molar-refractivity contribution in [2.75, 3.05) is 0 Å². The molecule has 1 N–H and O–H groups in total. The molecule has 1 aliphatic carbocycles. The molecule has 1 aromatic rings. The van der Waals surface area contributed by atoms with Gasteiger partial charge in [-0.15, -0.1) is 0 Å². The van der Waals surface area contributed by atoms with Crippen LogP contribution in [0.2, 0.25) is 0 Å². The normalized spacial score (nSPS) is 24.4. The van der Waals surface area contributed by atoms with E-state index in [1.54, 1.807) is 0 Å². The van der Waals surface area contributed by atoms with Crippen LogP contribution in [0.5, 0.6) is 0 Å². The lowest BCUT2D eigenvalue weighted by Gasteiger charge is -2.41. The molecule has 1 nitrogen and oxygen atoms in total. The molecule has 0 radical (unpaired) electrons. The van der Waals surface area contributed by atoms with Crippen molar-refractivity contribution >= 4 is 15.9 Å². The summed E-state index contributed by atoms with van der Waals surface area (Å²) in [5, 5.41) is 3.81. The Hall–Kier alpha value is -0.340. The van der Waals surface area contributed by atoms with Gasteiger partial charge in [0, 0.05) is 17.1 Å². The van der Waals surface area contributed by atoms with Gasteiger partial charge in [0.2, 0.25) is 0 Å². The van der Waals surface area contributed by atoms with E-state index >= 15 is 0 Å². The Morgan fingerprint density at radius 3 is 2.53 bits per heavy atom. The van der Waals surface area contributed by atoms with Gasteiger partial charge in [-0.2, -0.15) is 0 Å². The van der Waals surface area contributed by atoms with Gasteiger partial charge in [-0.1, -0.05) is 67.7 Å². The summed E-state index contributed by atoms with van der Waals surface area (Å²) in [6.45, 7) is 8.13. The number of benzene rings is 1. The highest BCUT2D eigenvalue weighted by Gasteiger charge is 2.33. The molecule has 2 atom stereocenters. The zero-order valence-corrected chi connectivity index (χ0v) is 14.0. The fraction of sp³-hybridized carbons (Fsp3) is 0.647. The molecule has 0 aromatic heterocycles. The van der Waals surface area contributed by atoms with Crippen LogP contribution in [0.25, 0.3) is 0 Å². The summed E-state index contributed by atoms with van der Waals surface area (Å²) in [5.74, 6) is 0.795. The Bertz CT molecular complexity index is 408. The molecule has 106 valence electrons. The second-order valence-corrected chi connectivity index (χ2v) is 7.69. The standard InChI is InChI=1S/C17H26BrN/c1-17(2,3)14-9-5-7-11-16(14)19-12-13-8-4-6-10-15(13)18/h4,6,8,10,14,16,19H,5,7,9,11-12H2,1-3H3. The van der Waals surface area contributed by atoms with Crippen LogP contribution in [-0.2, 0) is 6.54 Å². The van der Waals surface area contributed by atoms with Gasteiger partial charge in [0.15, 0.2) is 0 Å². The summed E-state index contributed by atoms with van der Waals surface area (Å²) in [7, 11) is 0. The van der Waals surface area contributed by atoms with E-state index in [-0.39, 0.29) is 0 Å². The third-order valence-corrected chi connectivity index (χ3v) is 5.16. The molecule has 1 aromatic carbocycles. The highest BCUT2D eigenvalue weighted by molar-refractivity contribution is 9.10.